The van der Waals surface area contributed by atoms with E-state index in [0.29, 0.717) is 12.1 Å². The normalized spacial score (nSPS) is 23.2. The predicted octanol–water partition coefficient (Wildman–Crippen LogP) is 5.06. The first-order valence-electron chi connectivity index (χ1n) is 9.54. The zero-order valence-electron chi connectivity index (χ0n) is 15.9. The number of halogens is 2. The third-order valence-corrected chi connectivity index (χ3v) is 5.59. The van der Waals surface area contributed by atoms with Crippen LogP contribution in [0.15, 0.2) is 42.5 Å². The molecule has 5 heteroatoms. The highest BCUT2D eigenvalue weighted by Gasteiger charge is 2.33. The van der Waals surface area contributed by atoms with E-state index in [-0.39, 0.29) is 18.0 Å². The Labute approximate surface area is 173 Å². The molecule has 1 saturated heterocycles. The molecule has 0 spiro atoms. The zero-order chi connectivity index (χ0) is 18.1. The Kier molecular flexibility index (Phi) is 6.37. The van der Waals surface area contributed by atoms with Gasteiger partial charge in [0.25, 0.3) is 0 Å². The summed E-state index contributed by atoms with van der Waals surface area (Å²) < 4.78 is 6.22. The lowest BCUT2D eigenvalue weighted by Gasteiger charge is -2.34. The van der Waals surface area contributed by atoms with Gasteiger partial charge >= 0.3 is 0 Å². The van der Waals surface area contributed by atoms with Gasteiger partial charge in [-0.05, 0) is 56.5 Å². The molecule has 0 radical (unpaired) electrons. The molecule has 2 aromatic carbocycles. The summed E-state index contributed by atoms with van der Waals surface area (Å²) in [6.45, 7) is 6.11. The van der Waals surface area contributed by atoms with Crippen molar-refractivity contribution in [2.24, 2.45) is 0 Å². The molecule has 2 heterocycles. The lowest BCUT2D eigenvalue weighted by atomic mass is 9.92. The van der Waals surface area contributed by atoms with Crippen molar-refractivity contribution in [3.05, 3.63) is 64.2 Å². The van der Waals surface area contributed by atoms with Crippen molar-refractivity contribution in [1.29, 1.82) is 0 Å². The molecule has 2 atom stereocenters. The molecular weight excluding hydrogens is 379 g/mol. The van der Waals surface area contributed by atoms with Gasteiger partial charge in [-0.2, -0.15) is 0 Å². The molecule has 0 aliphatic carbocycles. The minimum atomic E-state index is -0.152. The van der Waals surface area contributed by atoms with Crippen LogP contribution in [0.25, 0.3) is 0 Å². The van der Waals surface area contributed by atoms with E-state index in [1.807, 2.05) is 12.1 Å². The summed E-state index contributed by atoms with van der Waals surface area (Å²) in [4.78, 5) is 0. The van der Waals surface area contributed by atoms with Crippen molar-refractivity contribution in [2.45, 2.75) is 57.3 Å². The Balaban J connectivity index is 0.00000210. The van der Waals surface area contributed by atoms with Crippen LogP contribution >= 0.6 is 24.0 Å². The maximum absolute atomic E-state index is 6.37. The van der Waals surface area contributed by atoms with Gasteiger partial charge in [-0.15, -0.1) is 12.4 Å². The second-order valence-corrected chi connectivity index (χ2v) is 8.50. The van der Waals surface area contributed by atoms with Crippen LogP contribution in [0, 0.1) is 0 Å². The monoisotopic (exact) mass is 406 g/mol. The molecule has 0 saturated carbocycles. The Bertz CT molecular complexity index is 779. The molecule has 27 heavy (non-hydrogen) atoms. The molecule has 2 aliphatic rings. The standard InChI is InChI=1S/C22H27ClN2O.ClH/c1-22(2)13-16-11-18(23)12-17(21(16)26-22)14-25-19-9-6-10-24-20(19)15-7-4-3-5-8-15;/h3-5,7-8,11-12,19-20,24-25H,6,9-10,13-14H2,1-2H3;1H/t19-,20-;/m0./s1. The summed E-state index contributed by atoms with van der Waals surface area (Å²) >= 11 is 6.37. The van der Waals surface area contributed by atoms with Crippen LogP contribution in [0.5, 0.6) is 5.75 Å². The van der Waals surface area contributed by atoms with Crippen molar-refractivity contribution in [3.8, 4) is 5.75 Å². The number of nitrogens with one attached hydrogen (secondary N) is 2. The first kappa shape index (κ1) is 20.5. The minimum Gasteiger partial charge on any atom is -0.487 e. The fourth-order valence-corrected chi connectivity index (χ4v) is 4.50. The SMILES string of the molecule is CC1(C)Cc2cc(Cl)cc(CN[C@H]3CCCN[C@H]3c3ccccc3)c2O1.Cl. The molecule has 0 amide bonds. The van der Waals surface area contributed by atoms with Crippen LogP contribution in [0.1, 0.15) is 49.4 Å². The first-order valence-corrected chi connectivity index (χ1v) is 9.92. The van der Waals surface area contributed by atoms with Crippen LogP contribution in [-0.4, -0.2) is 18.2 Å². The van der Waals surface area contributed by atoms with Crippen molar-refractivity contribution in [1.82, 2.24) is 10.6 Å². The van der Waals surface area contributed by atoms with Crippen LogP contribution < -0.4 is 15.4 Å². The summed E-state index contributed by atoms with van der Waals surface area (Å²) in [5.74, 6) is 1.02. The highest BCUT2D eigenvalue weighted by Crippen LogP contribution is 2.39. The van der Waals surface area contributed by atoms with Gasteiger partial charge in [-0.25, -0.2) is 0 Å². The molecule has 0 aromatic heterocycles. The topological polar surface area (TPSA) is 33.3 Å². The quantitative estimate of drug-likeness (QED) is 0.744. The average Bonchev–Trinajstić information content (AvgIpc) is 2.94. The molecule has 0 unspecified atom stereocenters. The summed E-state index contributed by atoms with van der Waals surface area (Å²) in [5, 5.41) is 8.24. The van der Waals surface area contributed by atoms with Crippen LogP contribution in [0.2, 0.25) is 5.02 Å². The predicted molar refractivity (Wildman–Crippen MR) is 114 cm³/mol. The molecule has 0 bridgehead atoms. The maximum atomic E-state index is 6.37. The van der Waals surface area contributed by atoms with E-state index in [1.165, 1.54) is 24.0 Å². The second kappa shape index (κ2) is 8.40. The van der Waals surface area contributed by atoms with Gasteiger partial charge < -0.3 is 15.4 Å². The molecule has 4 rings (SSSR count). The van der Waals surface area contributed by atoms with E-state index >= 15 is 0 Å². The van der Waals surface area contributed by atoms with Crippen molar-refractivity contribution in [2.75, 3.05) is 6.54 Å². The molecule has 1 fully saturated rings. The summed E-state index contributed by atoms with van der Waals surface area (Å²) in [7, 11) is 0. The fraction of sp³-hybridized carbons (Fsp3) is 0.455. The zero-order valence-corrected chi connectivity index (χ0v) is 17.5. The molecule has 2 aliphatic heterocycles. The van der Waals surface area contributed by atoms with Crippen LogP contribution in [0.4, 0.5) is 0 Å². The highest BCUT2D eigenvalue weighted by molar-refractivity contribution is 6.30. The van der Waals surface area contributed by atoms with Gasteiger partial charge in [0.05, 0.1) is 0 Å². The Morgan fingerprint density at radius 2 is 2.00 bits per heavy atom. The third-order valence-electron chi connectivity index (χ3n) is 5.37. The van der Waals surface area contributed by atoms with E-state index < -0.39 is 0 Å². The maximum Gasteiger partial charge on any atom is 0.128 e. The van der Waals surface area contributed by atoms with Crippen LogP contribution in [-0.2, 0) is 13.0 Å². The number of fused-ring (bicyclic) bond motifs is 1. The Morgan fingerprint density at radius 1 is 1.22 bits per heavy atom. The van der Waals surface area contributed by atoms with Crippen LogP contribution in [0.3, 0.4) is 0 Å². The van der Waals surface area contributed by atoms with Crippen molar-refractivity contribution >= 4 is 24.0 Å². The van der Waals surface area contributed by atoms with Gasteiger partial charge in [0.1, 0.15) is 11.4 Å². The summed E-state index contributed by atoms with van der Waals surface area (Å²) in [6, 6.07) is 15.5. The lowest BCUT2D eigenvalue weighted by Crippen LogP contribution is -2.45. The number of rotatable bonds is 4. The summed E-state index contributed by atoms with van der Waals surface area (Å²) in [6.07, 6.45) is 3.27. The number of hydrogen-bond donors (Lipinski definition) is 2. The Morgan fingerprint density at radius 3 is 2.78 bits per heavy atom. The highest BCUT2D eigenvalue weighted by atomic mass is 35.5. The average molecular weight is 407 g/mol. The van der Waals surface area contributed by atoms with Gasteiger partial charge in [-0.3, -0.25) is 0 Å². The number of ether oxygens (including phenoxy) is 1. The van der Waals surface area contributed by atoms with Gasteiger partial charge in [0, 0.05) is 35.6 Å². The van der Waals surface area contributed by atoms with Crippen molar-refractivity contribution < 1.29 is 4.74 Å². The lowest BCUT2D eigenvalue weighted by molar-refractivity contribution is 0.137. The largest absolute Gasteiger partial charge is 0.487 e. The van der Waals surface area contributed by atoms with E-state index in [0.717, 1.165) is 35.8 Å². The Hall–Kier alpha value is -1.26. The molecular formula is C22H28Cl2N2O. The number of hydrogen-bond acceptors (Lipinski definition) is 3. The fourth-order valence-electron chi connectivity index (χ4n) is 4.24. The van der Waals surface area contributed by atoms with Crippen molar-refractivity contribution in [3.63, 3.8) is 0 Å². The third kappa shape index (κ3) is 4.60. The van der Waals surface area contributed by atoms with E-state index in [4.69, 9.17) is 16.3 Å². The number of piperidine rings is 1. The van der Waals surface area contributed by atoms with Gasteiger partial charge in [0.15, 0.2) is 0 Å². The van der Waals surface area contributed by atoms with E-state index in [2.05, 4.69) is 54.8 Å². The molecule has 3 nitrogen and oxygen atoms in total. The summed E-state index contributed by atoms with van der Waals surface area (Å²) in [5.41, 5.74) is 3.58. The minimum absolute atomic E-state index is 0. The van der Waals surface area contributed by atoms with Gasteiger partial charge in [-0.1, -0.05) is 41.9 Å². The van der Waals surface area contributed by atoms with E-state index in [9.17, 15) is 0 Å². The number of benzene rings is 2. The molecule has 146 valence electrons. The smallest absolute Gasteiger partial charge is 0.128 e. The molecule has 2 aromatic rings. The second-order valence-electron chi connectivity index (χ2n) is 8.06. The van der Waals surface area contributed by atoms with Gasteiger partial charge in [0.2, 0.25) is 0 Å². The molecule has 2 N–H and O–H groups in total. The first-order chi connectivity index (χ1) is 12.5. The van der Waals surface area contributed by atoms with E-state index in [1.54, 1.807) is 0 Å².